The number of pyridine rings is 1. The van der Waals surface area contributed by atoms with E-state index in [1.54, 1.807) is 12.1 Å². The Kier molecular flexibility index (Phi) is 3.92. The van der Waals surface area contributed by atoms with Crippen LogP contribution in [-0.4, -0.2) is 52.1 Å². The molecule has 3 heterocycles. The maximum absolute atomic E-state index is 12.2. The second-order valence-electron chi connectivity index (χ2n) is 5.97. The molecule has 116 valence electrons. The lowest BCUT2D eigenvalue weighted by molar-refractivity contribution is -0.132. The van der Waals surface area contributed by atoms with Crippen LogP contribution in [0.5, 0.6) is 0 Å². The molecule has 6 nitrogen and oxygen atoms in total. The van der Waals surface area contributed by atoms with Crippen molar-refractivity contribution in [2.75, 3.05) is 19.6 Å². The van der Waals surface area contributed by atoms with Gasteiger partial charge in [0.15, 0.2) is 0 Å². The van der Waals surface area contributed by atoms with Crippen LogP contribution in [0.15, 0.2) is 18.3 Å². The third-order valence-corrected chi connectivity index (χ3v) is 4.42. The van der Waals surface area contributed by atoms with E-state index in [4.69, 9.17) is 0 Å². The number of rotatable bonds is 3. The van der Waals surface area contributed by atoms with Gasteiger partial charge in [-0.15, -0.1) is 0 Å². The first-order chi connectivity index (χ1) is 10.6. The minimum absolute atomic E-state index is 0.0106. The van der Waals surface area contributed by atoms with E-state index in [0.29, 0.717) is 11.5 Å². The Balaban J connectivity index is 1.60. The highest BCUT2D eigenvalue weighted by Gasteiger charge is 2.36. The van der Waals surface area contributed by atoms with E-state index in [1.807, 2.05) is 4.90 Å². The molecular formula is C16H19N3O3. The van der Waals surface area contributed by atoms with Crippen molar-refractivity contribution in [1.29, 1.82) is 0 Å². The highest BCUT2D eigenvalue weighted by atomic mass is 16.2. The Morgan fingerprint density at radius 2 is 2.00 bits per heavy atom. The maximum Gasteiger partial charge on any atom is 0.280 e. The number of likely N-dealkylation sites (tertiary alicyclic amines) is 1. The number of fused-ring (bicyclic) bond motifs is 1. The largest absolute Gasteiger partial charge is 0.343 e. The van der Waals surface area contributed by atoms with Gasteiger partial charge in [-0.2, -0.15) is 0 Å². The summed E-state index contributed by atoms with van der Waals surface area (Å²) in [5.41, 5.74) is 0.512. The van der Waals surface area contributed by atoms with Crippen molar-refractivity contribution in [3.8, 4) is 0 Å². The fourth-order valence-electron chi connectivity index (χ4n) is 2.94. The SMILES string of the molecule is CC1CCN(C(=O)CCN2C(=O)c3cccnc3C2=O)CC1. The Bertz CT molecular complexity index is 586. The van der Waals surface area contributed by atoms with Crippen LogP contribution in [0.2, 0.25) is 0 Å². The van der Waals surface area contributed by atoms with Crippen LogP contribution in [-0.2, 0) is 4.79 Å². The molecule has 0 unspecified atom stereocenters. The van der Waals surface area contributed by atoms with Gasteiger partial charge in [-0.05, 0) is 30.9 Å². The Labute approximate surface area is 129 Å². The van der Waals surface area contributed by atoms with Crippen LogP contribution in [0, 0.1) is 5.92 Å². The fourth-order valence-corrected chi connectivity index (χ4v) is 2.94. The average molecular weight is 301 g/mol. The second-order valence-corrected chi connectivity index (χ2v) is 5.97. The number of amides is 3. The first-order valence-electron chi connectivity index (χ1n) is 7.67. The zero-order valence-electron chi connectivity index (χ0n) is 12.6. The average Bonchev–Trinajstić information content (AvgIpc) is 2.78. The van der Waals surface area contributed by atoms with E-state index in [2.05, 4.69) is 11.9 Å². The van der Waals surface area contributed by atoms with Gasteiger partial charge >= 0.3 is 0 Å². The number of imide groups is 1. The molecule has 3 rings (SSSR count). The van der Waals surface area contributed by atoms with E-state index in [1.165, 1.54) is 6.20 Å². The van der Waals surface area contributed by atoms with Crippen molar-refractivity contribution in [2.24, 2.45) is 5.92 Å². The molecule has 2 aliphatic heterocycles. The summed E-state index contributed by atoms with van der Waals surface area (Å²) in [6.07, 6.45) is 3.71. The second kappa shape index (κ2) is 5.87. The topological polar surface area (TPSA) is 70.6 Å². The van der Waals surface area contributed by atoms with Gasteiger partial charge in [0.25, 0.3) is 11.8 Å². The van der Waals surface area contributed by atoms with Crippen LogP contribution >= 0.6 is 0 Å². The molecule has 6 heteroatoms. The molecule has 1 aromatic heterocycles. The summed E-state index contributed by atoms with van der Waals surface area (Å²) < 4.78 is 0. The van der Waals surface area contributed by atoms with E-state index in [-0.39, 0.29) is 30.5 Å². The number of hydrogen-bond donors (Lipinski definition) is 0. The molecule has 2 aliphatic rings. The van der Waals surface area contributed by atoms with Gasteiger partial charge in [-0.3, -0.25) is 24.3 Å². The molecule has 0 aromatic carbocycles. The molecule has 0 bridgehead atoms. The van der Waals surface area contributed by atoms with Gasteiger partial charge in [-0.1, -0.05) is 6.92 Å². The summed E-state index contributed by atoms with van der Waals surface area (Å²) in [5, 5.41) is 0. The summed E-state index contributed by atoms with van der Waals surface area (Å²) in [5.74, 6) is -0.0865. The fraction of sp³-hybridized carbons (Fsp3) is 0.500. The van der Waals surface area contributed by atoms with Gasteiger partial charge in [0.2, 0.25) is 5.91 Å². The first kappa shape index (κ1) is 14.7. The van der Waals surface area contributed by atoms with Crippen molar-refractivity contribution in [3.05, 3.63) is 29.6 Å². The van der Waals surface area contributed by atoms with Crippen LogP contribution in [0.3, 0.4) is 0 Å². The Hall–Kier alpha value is -2.24. The first-order valence-corrected chi connectivity index (χ1v) is 7.67. The third kappa shape index (κ3) is 2.61. The van der Waals surface area contributed by atoms with E-state index >= 15 is 0 Å². The quantitative estimate of drug-likeness (QED) is 0.790. The minimum Gasteiger partial charge on any atom is -0.343 e. The highest BCUT2D eigenvalue weighted by molar-refractivity contribution is 6.20. The number of piperidine rings is 1. The third-order valence-electron chi connectivity index (χ3n) is 4.42. The van der Waals surface area contributed by atoms with Crippen LogP contribution in [0.4, 0.5) is 0 Å². The molecule has 1 aromatic rings. The van der Waals surface area contributed by atoms with Gasteiger partial charge in [0.1, 0.15) is 5.69 Å². The normalized spacial score (nSPS) is 18.8. The number of nitrogens with zero attached hydrogens (tertiary/aromatic N) is 3. The van der Waals surface area contributed by atoms with Crippen molar-refractivity contribution in [3.63, 3.8) is 0 Å². The van der Waals surface area contributed by atoms with E-state index in [9.17, 15) is 14.4 Å². The molecule has 1 fully saturated rings. The number of carbonyl (C=O) groups is 3. The summed E-state index contributed by atoms with van der Waals surface area (Å²) in [4.78, 5) is 43.5. The van der Waals surface area contributed by atoms with Crippen molar-refractivity contribution < 1.29 is 14.4 Å². The molecular weight excluding hydrogens is 282 g/mol. The zero-order valence-corrected chi connectivity index (χ0v) is 12.6. The van der Waals surface area contributed by atoms with Gasteiger partial charge < -0.3 is 4.90 Å². The molecule has 1 saturated heterocycles. The lowest BCUT2D eigenvalue weighted by atomic mass is 9.99. The molecule has 0 radical (unpaired) electrons. The van der Waals surface area contributed by atoms with Gasteiger partial charge in [0.05, 0.1) is 5.56 Å². The highest BCUT2D eigenvalue weighted by Crippen LogP contribution is 2.21. The summed E-state index contributed by atoms with van der Waals surface area (Å²) in [6.45, 7) is 3.85. The molecule has 0 atom stereocenters. The Morgan fingerprint density at radius 3 is 2.68 bits per heavy atom. The molecule has 3 amide bonds. The van der Waals surface area contributed by atoms with Gasteiger partial charge in [-0.25, -0.2) is 0 Å². The van der Waals surface area contributed by atoms with Gasteiger partial charge in [0, 0.05) is 32.3 Å². The summed E-state index contributed by atoms with van der Waals surface area (Å²) in [6, 6.07) is 3.23. The van der Waals surface area contributed by atoms with Crippen molar-refractivity contribution in [1.82, 2.24) is 14.8 Å². The van der Waals surface area contributed by atoms with Crippen molar-refractivity contribution in [2.45, 2.75) is 26.2 Å². The zero-order chi connectivity index (χ0) is 15.7. The molecule has 22 heavy (non-hydrogen) atoms. The van der Waals surface area contributed by atoms with Crippen LogP contribution < -0.4 is 0 Å². The smallest absolute Gasteiger partial charge is 0.280 e. The van der Waals surface area contributed by atoms with E-state index in [0.717, 1.165) is 30.8 Å². The monoisotopic (exact) mass is 301 g/mol. The lowest BCUT2D eigenvalue weighted by Crippen LogP contribution is -2.40. The molecule has 0 N–H and O–H groups in total. The molecule has 0 saturated carbocycles. The summed E-state index contributed by atoms with van der Waals surface area (Å²) in [7, 11) is 0. The summed E-state index contributed by atoms with van der Waals surface area (Å²) >= 11 is 0. The predicted octanol–water partition coefficient (Wildman–Crippen LogP) is 1.33. The number of hydrogen-bond acceptors (Lipinski definition) is 4. The van der Waals surface area contributed by atoms with Crippen LogP contribution in [0.25, 0.3) is 0 Å². The van der Waals surface area contributed by atoms with E-state index < -0.39 is 5.91 Å². The standard InChI is InChI=1S/C16H19N3O3/c1-11-4-8-18(9-5-11)13(20)6-10-19-15(21)12-3-2-7-17-14(12)16(19)22/h2-3,7,11H,4-6,8-10H2,1H3. The van der Waals surface area contributed by atoms with Crippen LogP contribution in [0.1, 0.15) is 47.0 Å². The molecule has 0 spiro atoms. The Morgan fingerprint density at radius 1 is 1.27 bits per heavy atom. The maximum atomic E-state index is 12.2. The number of carbonyl (C=O) groups excluding carboxylic acids is 3. The predicted molar refractivity (Wildman–Crippen MR) is 79.2 cm³/mol. The minimum atomic E-state index is -0.402. The number of aromatic nitrogens is 1. The van der Waals surface area contributed by atoms with Crippen molar-refractivity contribution >= 4 is 17.7 Å². The lowest BCUT2D eigenvalue weighted by Gasteiger charge is -2.30. The molecule has 0 aliphatic carbocycles.